The van der Waals surface area contributed by atoms with E-state index in [1.54, 1.807) is 24.4 Å². The summed E-state index contributed by atoms with van der Waals surface area (Å²) in [5, 5.41) is 1.63. The Bertz CT molecular complexity index is 480. The van der Waals surface area contributed by atoms with Crippen molar-refractivity contribution >= 4 is 34.8 Å². The molecule has 0 fully saturated rings. The topological polar surface area (TPSA) is 12.9 Å². The third-order valence-electron chi connectivity index (χ3n) is 1.96. The minimum absolute atomic E-state index is 0.460. The lowest BCUT2D eigenvalue weighted by Gasteiger charge is -2.04. The van der Waals surface area contributed by atoms with Gasteiger partial charge >= 0.3 is 0 Å². The highest BCUT2D eigenvalue weighted by atomic mass is 35.5. The minimum atomic E-state index is 0.460. The maximum Gasteiger partial charge on any atom is 0.0903 e. The Hall–Kier alpha value is -0.760. The van der Waals surface area contributed by atoms with Crippen molar-refractivity contribution in [2.45, 2.75) is 0 Å². The van der Waals surface area contributed by atoms with Gasteiger partial charge < -0.3 is 0 Å². The van der Waals surface area contributed by atoms with E-state index in [-0.39, 0.29) is 0 Å². The summed E-state index contributed by atoms with van der Waals surface area (Å²) in [7, 11) is 0. The Kier molecular flexibility index (Phi) is 3.15. The van der Waals surface area contributed by atoms with Gasteiger partial charge in [-0.2, -0.15) is 0 Å². The fourth-order valence-corrected chi connectivity index (χ4v) is 1.72. The van der Waals surface area contributed by atoms with Gasteiger partial charge in [-0.25, -0.2) is 0 Å². The monoisotopic (exact) mass is 257 g/mol. The van der Waals surface area contributed by atoms with Crippen molar-refractivity contribution in [3.63, 3.8) is 0 Å². The zero-order valence-electron chi connectivity index (χ0n) is 7.55. The molecule has 0 aliphatic carbocycles. The van der Waals surface area contributed by atoms with Crippen LogP contribution in [-0.4, -0.2) is 4.98 Å². The third-order valence-corrected chi connectivity index (χ3v) is 3.01. The summed E-state index contributed by atoms with van der Waals surface area (Å²) >= 11 is 17.7. The number of hydrogen-bond acceptors (Lipinski definition) is 1. The van der Waals surface area contributed by atoms with E-state index in [0.717, 1.165) is 5.56 Å². The first-order valence-corrected chi connectivity index (χ1v) is 5.38. The predicted octanol–water partition coefficient (Wildman–Crippen LogP) is 4.71. The zero-order chi connectivity index (χ0) is 10.8. The van der Waals surface area contributed by atoms with E-state index >= 15 is 0 Å². The number of aromatic nitrogens is 1. The Labute approximate surface area is 103 Å². The first kappa shape index (κ1) is 10.7. The van der Waals surface area contributed by atoms with Gasteiger partial charge in [0.05, 0.1) is 15.7 Å². The van der Waals surface area contributed by atoms with Gasteiger partial charge in [-0.15, -0.1) is 0 Å². The molecule has 0 spiro atoms. The molecule has 0 saturated carbocycles. The summed E-state index contributed by atoms with van der Waals surface area (Å²) in [6.45, 7) is 0. The van der Waals surface area contributed by atoms with Crippen LogP contribution in [0.2, 0.25) is 15.1 Å². The minimum Gasteiger partial charge on any atom is -0.255 e. The molecule has 0 radical (unpaired) electrons. The molecular weight excluding hydrogens is 252 g/mol. The molecule has 1 aromatic carbocycles. The van der Waals surface area contributed by atoms with Crippen LogP contribution >= 0.6 is 34.8 Å². The van der Waals surface area contributed by atoms with Gasteiger partial charge in [-0.3, -0.25) is 4.98 Å². The van der Waals surface area contributed by atoms with E-state index in [2.05, 4.69) is 4.98 Å². The highest BCUT2D eigenvalue weighted by Crippen LogP contribution is 2.31. The standard InChI is InChI=1S/C11H6Cl3N/c12-8-3-1-7(2-4-8)11-10(14)9(13)5-6-15-11/h1-6H. The van der Waals surface area contributed by atoms with E-state index in [0.29, 0.717) is 20.8 Å². The van der Waals surface area contributed by atoms with Gasteiger partial charge in [0.15, 0.2) is 0 Å². The van der Waals surface area contributed by atoms with Crippen LogP contribution in [0.3, 0.4) is 0 Å². The molecule has 1 aromatic heterocycles. The molecule has 1 nitrogen and oxygen atoms in total. The molecule has 0 atom stereocenters. The molecular formula is C11H6Cl3N. The van der Waals surface area contributed by atoms with Crippen LogP contribution in [0.15, 0.2) is 36.5 Å². The number of benzene rings is 1. The van der Waals surface area contributed by atoms with Crippen LogP contribution < -0.4 is 0 Å². The molecule has 2 rings (SSSR count). The summed E-state index contributed by atoms with van der Waals surface area (Å²) in [4.78, 5) is 4.18. The van der Waals surface area contributed by atoms with E-state index in [1.165, 1.54) is 0 Å². The van der Waals surface area contributed by atoms with Crippen LogP contribution in [0, 0.1) is 0 Å². The van der Waals surface area contributed by atoms with Gasteiger partial charge in [0.1, 0.15) is 0 Å². The highest BCUT2D eigenvalue weighted by Gasteiger charge is 2.07. The fraction of sp³-hybridized carbons (Fsp3) is 0. The van der Waals surface area contributed by atoms with Gasteiger partial charge in [-0.05, 0) is 18.2 Å². The second-order valence-electron chi connectivity index (χ2n) is 2.96. The van der Waals surface area contributed by atoms with Crippen molar-refractivity contribution in [1.82, 2.24) is 4.98 Å². The second kappa shape index (κ2) is 4.40. The number of hydrogen-bond donors (Lipinski definition) is 0. The molecule has 2 aromatic rings. The van der Waals surface area contributed by atoms with Crippen LogP contribution in [0.4, 0.5) is 0 Å². The summed E-state index contributed by atoms with van der Waals surface area (Å²) in [6.07, 6.45) is 1.62. The second-order valence-corrected chi connectivity index (χ2v) is 4.18. The van der Waals surface area contributed by atoms with E-state index < -0.39 is 0 Å². The molecule has 0 aliphatic rings. The lowest BCUT2D eigenvalue weighted by Crippen LogP contribution is -1.84. The predicted molar refractivity (Wildman–Crippen MR) is 64.7 cm³/mol. The van der Waals surface area contributed by atoms with E-state index in [1.807, 2.05) is 12.1 Å². The fourth-order valence-electron chi connectivity index (χ4n) is 1.23. The lowest BCUT2D eigenvalue weighted by molar-refractivity contribution is 1.33. The molecule has 0 amide bonds. The molecule has 15 heavy (non-hydrogen) atoms. The van der Waals surface area contributed by atoms with Gasteiger partial charge in [0, 0.05) is 16.8 Å². The molecule has 0 bridgehead atoms. The van der Waals surface area contributed by atoms with Crippen molar-refractivity contribution in [3.8, 4) is 11.3 Å². The SMILES string of the molecule is Clc1ccc(-c2nccc(Cl)c2Cl)cc1. The van der Waals surface area contributed by atoms with Gasteiger partial charge in [0.2, 0.25) is 0 Å². The Morgan fingerprint density at radius 2 is 1.53 bits per heavy atom. The van der Waals surface area contributed by atoms with Crippen molar-refractivity contribution in [1.29, 1.82) is 0 Å². The maximum absolute atomic E-state index is 6.04. The molecule has 1 heterocycles. The molecule has 0 N–H and O–H groups in total. The molecule has 0 unspecified atom stereocenters. The van der Waals surface area contributed by atoms with E-state index in [4.69, 9.17) is 34.8 Å². The van der Waals surface area contributed by atoms with Crippen molar-refractivity contribution in [2.24, 2.45) is 0 Å². The lowest BCUT2D eigenvalue weighted by atomic mass is 10.1. The summed E-state index contributed by atoms with van der Waals surface area (Å²) in [5.74, 6) is 0. The largest absolute Gasteiger partial charge is 0.255 e. The Morgan fingerprint density at radius 1 is 0.867 bits per heavy atom. The smallest absolute Gasteiger partial charge is 0.0903 e. The number of halogens is 3. The van der Waals surface area contributed by atoms with Crippen molar-refractivity contribution in [2.75, 3.05) is 0 Å². The average Bonchev–Trinajstić information content (AvgIpc) is 2.24. The zero-order valence-corrected chi connectivity index (χ0v) is 9.81. The third kappa shape index (κ3) is 2.25. The maximum atomic E-state index is 6.04. The molecule has 0 aliphatic heterocycles. The molecule has 0 saturated heterocycles. The summed E-state index contributed by atoms with van der Waals surface area (Å²) in [6, 6.07) is 8.94. The van der Waals surface area contributed by atoms with Crippen molar-refractivity contribution in [3.05, 3.63) is 51.6 Å². The first-order chi connectivity index (χ1) is 7.18. The van der Waals surface area contributed by atoms with Crippen molar-refractivity contribution < 1.29 is 0 Å². The number of nitrogens with zero attached hydrogens (tertiary/aromatic N) is 1. The highest BCUT2D eigenvalue weighted by molar-refractivity contribution is 6.43. The first-order valence-electron chi connectivity index (χ1n) is 4.24. The average molecular weight is 259 g/mol. The van der Waals surface area contributed by atoms with E-state index in [9.17, 15) is 0 Å². The molecule has 76 valence electrons. The van der Waals surface area contributed by atoms with Crippen LogP contribution in [0.25, 0.3) is 11.3 Å². The quantitative estimate of drug-likeness (QED) is 0.722. The normalized spacial score (nSPS) is 10.3. The Morgan fingerprint density at radius 3 is 2.20 bits per heavy atom. The van der Waals surface area contributed by atoms with Crippen LogP contribution in [0.1, 0.15) is 0 Å². The summed E-state index contributed by atoms with van der Waals surface area (Å²) < 4.78 is 0. The van der Waals surface area contributed by atoms with Crippen LogP contribution in [-0.2, 0) is 0 Å². The van der Waals surface area contributed by atoms with Gasteiger partial charge in [0.25, 0.3) is 0 Å². The number of rotatable bonds is 1. The molecule has 4 heteroatoms. The van der Waals surface area contributed by atoms with Crippen LogP contribution in [0.5, 0.6) is 0 Å². The summed E-state index contributed by atoms with van der Waals surface area (Å²) in [5.41, 5.74) is 1.56. The Balaban J connectivity index is 2.54. The van der Waals surface area contributed by atoms with Gasteiger partial charge in [-0.1, -0.05) is 46.9 Å². The number of pyridine rings is 1.